The lowest BCUT2D eigenvalue weighted by atomic mass is 9.87. The number of carbonyl (C=O) groups is 3. The monoisotopic (exact) mass is 392 g/mol. The number of nitrogens with one attached hydrogen (secondary N) is 1. The van der Waals surface area contributed by atoms with E-state index in [4.69, 9.17) is 16.3 Å². The van der Waals surface area contributed by atoms with Gasteiger partial charge in [-0.1, -0.05) is 18.5 Å². The van der Waals surface area contributed by atoms with Gasteiger partial charge in [-0.3, -0.25) is 9.59 Å². The number of nitrogens with zero attached hydrogens (tertiary/aromatic N) is 1. The first-order valence-electron chi connectivity index (χ1n) is 9.37. The van der Waals surface area contributed by atoms with Crippen molar-refractivity contribution in [1.82, 2.24) is 4.90 Å². The highest BCUT2D eigenvalue weighted by Gasteiger charge is 2.38. The van der Waals surface area contributed by atoms with Crippen LogP contribution in [0.25, 0.3) is 0 Å². The first-order valence-corrected chi connectivity index (χ1v) is 9.75. The quantitative estimate of drug-likeness (QED) is 0.796. The molecule has 1 unspecified atom stereocenters. The first kappa shape index (κ1) is 19.7. The van der Waals surface area contributed by atoms with E-state index in [-0.39, 0.29) is 24.3 Å². The zero-order chi connectivity index (χ0) is 19.6. The molecule has 2 aliphatic rings. The van der Waals surface area contributed by atoms with Gasteiger partial charge in [-0.05, 0) is 49.8 Å². The van der Waals surface area contributed by atoms with Crippen LogP contribution in [0.1, 0.15) is 49.4 Å². The molecule has 7 heteroatoms. The smallest absolute Gasteiger partial charge is 0.337 e. The number of ether oxygens (including phenoxy) is 1. The second kappa shape index (κ2) is 8.30. The molecule has 0 bridgehead atoms. The number of hydrogen-bond acceptors (Lipinski definition) is 4. The summed E-state index contributed by atoms with van der Waals surface area (Å²) in [5.74, 6) is -0.407. The highest BCUT2D eigenvalue weighted by Crippen LogP contribution is 2.32. The van der Waals surface area contributed by atoms with E-state index in [9.17, 15) is 14.4 Å². The Hall–Kier alpha value is -2.08. The molecule has 1 aromatic rings. The average Bonchev–Trinajstić information content (AvgIpc) is 3.05. The van der Waals surface area contributed by atoms with E-state index >= 15 is 0 Å². The molecule has 0 aromatic heterocycles. The van der Waals surface area contributed by atoms with Gasteiger partial charge in [0.1, 0.15) is 0 Å². The van der Waals surface area contributed by atoms with E-state index in [1.54, 1.807) is 6.07 Å². The van der Waals surface area contributed by atoms with Crippen LogP contribution >= 0.6 is 11.6 Å². The molecule has 1 heterocycles. The second-order valence-electron chi connectivity index (χ2n) is 7.54. The van der Waals surface area contributed by atoms with Gasteiger partial charge >= 0.3 is 5.97 Å². The molecule has 6 nitrogen and oxygen atoms in total. The van der Waals surface area contributed by atoms with Gasteiger partial charge in [0.2, 0.25) is 11.8 Å². The Morgan fingerprint density at radius 1 is 1.22 bits per heavy atom. The number of amides is 2. The molecule has 1 atom stereocenters. The minimum absolute atomic E-state index is 0.0455. The van der Waals surface area contributed by atoms with Crippen molar-refractivity contribution in [2.75, 3.05) is 19.0 Å². The van der Waals surface area contributed by atoms with Crippen molar-refractivity contribution >= 4 is 35.1 Å². The number of hydrogen-bond donors (Lipinski definition) is 1. The van der Waals surface area contributed by atoms with E-state index in [2.05, 4.69) is 12.2 Å². The zero-order valence-corrected chi connectivity index (χ0v) is 16.4. The van der Waals surface area contributed by atoms with Gasteiger partial charge < -0.3 is 15.0 Å². The number of likely N-dealkylation sites (tertiary alicyclic amines) is 1. The molecule has 1 aromatic carbocycles. The number of esters is 1. The summed E-state index contributed by atoms with van der Waals surface area (Å²) in [5, 5.41) is 3.10. The Balaban J connectivity index is 1.65. The number of methoxy groups -OCH3 is 1. The van der Waals surface area contributed by atoms with Crippen molar-refractivity contribution in [3.63, 3.8) is 0 Å². The SMILES string of the molecule is COC(=O)c1ccc(Cl)c(NC(=O)C2CC(=O)N(C3CCC(C)CC3)C2)c1. The highest BCUT2D eigenvalue weighted by molar-refractivity contribution is 6.33. The van der Waals surface area contributed by atoms with Crippen LogP contribution in [0.4, 0.5) is 5.69 Å². The lowest BCUT2D eigenvalue weighted by Crippen LogP contribution is -2.39. The molecule has 1 aliphatic heterocycles. The van der Waals surface area contributed by atoms with Gasteiger partial charge in [-0.15, -0.1) is 0 Å². The van der Waals surface area contributed by atoms with Crippen molar-refractivity contribution in [3.8, 4) is 0 Å². The summed E-state index contributed by atoms with van der Waals surface area (Å²) in [5.41, 5.74) is 0.652. The van der Waals surface area contributed by atoms with Crippen LogP contribution in [0.3, 0.4) is 0 Å². The third-order valence-electron chi connectivity index (χ3n) is 5.60. The molecule has 0 spiro atoms. The lowest BCUT2D eigenvalue weighted by Gasteiger charge is -2.33. The third-order valence-corrected chi connectivity index (χ3v) is 5.93. The third kappa shape index (κ3) is 4.43. The minimum Gasteiger partial charge on any atom is -0.465 e. The summed E-state index contributed by atoms with van der Waals surface area (Å²) >= 11 is 6.14. The maximum atomic E-state index is 12.7. The number of benzene rings is 1. The van der Waals surface area contributed by atoms with Gasteiger partial charge in [0.25, 0.3) is 0 Å². The fraction of sp³-hybridized carbons (Fsp3) is 0.550. The van der Waals surface area contributed by atoms with E-state index in [1.165, 1.54) is 19.2 Å². The fourth-order valence-electron chi connectivity index (χ4n) is 3.91. The molecule has 146 valence electrons. The molecule has 1 aliphatic carbocycles. The number of halogens is 1. The van der Waals surface area contributed by atoms with Crippen LogP contribution in [-0.4, -0.2) is 42.4 Å². The maximum absolute atomic E-state index is 12.7. The number of rotatable bonds is 4. The summed E-state index contributed by atoms with van der Waals surface area (Å²) < 4.78 is 4.69. The molecule has 1 N–H and O–H groups in total. The van der Waals surface area contributed by atoms with Gasteiger partial charge in [0, 0.05) is 19.0 Å². The molecule has 1 saturated heterocycles. The maximum Gasteiger partial charge on any atom is 0.337 e. The van der Waals surface area contributed by atoms with Crippen molar-refractivity contribution in [2.24, 2.45) is 11.8 Å². The topological polar surface area (TPSA) is 75.7 Å². The molecular weight excluding hydrogens is 368 g/mol. The lowest BCUT2D eigenvalue weighted by molar-refractivity contribution is -0.130. The molecule has 27 heavy (non-hydrogen) atoms. The van der Waals surface area contributed by atoms with Crippen molar-refractivity contribution in [2.45, 2.75) is 45.1 Å². The standard InChI is InChI=1S/C20H25ClN2O4/c1-12-3-6-15(7-4-12)23-11-14(10-18(23)24)19(25)22-17-9-13(20(26)27-2)5-8-16(17)21/h5,8-9,12,14-15H,3-4,6-7,10-11H2,1-2H3,(H,22,25). The van der Waals surface area contributed by atoms with Crippen molar-refractivity contribution < 1.29 is 19.1 Å². The summed E-state index contributed by atoms with van der Waals surface area (Å²) in [4.78, 5) is 38.7. The van der Waals surface area contributed by atoms with Crippen molar-refractivity contribution in [3.05, 3.63) is 28.8 Å². The highest BCUT2D eigenvalue weighted by atomic mass is 35.5. The van der Waals surface area contributed by atoms with Gasteiger partial charge in [0.05, 0.1) is 29.3 Å². The fourth-order valence-corrected chi connectivity index (χ4v) is 4.08. The Kier molecular flexibility index (Phi) is 6.05. The largest absolute Gasteiger partial charge is 0.465 e. The average molecular weight is 393 g/mol. The second-order valence-corrected chi connectivity index (χ2v) is 7.94. The van der Waals surface area contributed by atoms with Gasteiger partial charge in [-0.2, -0.15) is 0 Å². The summed E-state index contributed by atoms with van der Waals surface area (Å²) in [6.07, 6.45) is 4.48. The Morgan fingerprint density at radius 2 is 1.93 bits per heavy atom. The molecule has 0 radical (unpaired) electrons. The van der Waals surface area contributed by atoms with Crippen LogP contribution in [0.5, 0.6) is 0 Å². The summed E-state index contributed by atoms with van der Waals surface area (Å²) in [6, 6.07) is 4.81. The van der Waals surface area contributed by atoms with Crippen LogP contribution < -0.4 is 5.32 Å². The molecule has 2 fully saturated rings. The van der Waals surface area contributed by atoms with Crippen LogP contribution in [0.2, 0.25) is 5.02 Å². The predicted octanol–water partition coefficient (Wildman–Crippen LogP) is 3.49. The summed E-state index contributed by atoms with van der Waals surface area (Å²) in [6.45, 7) is 2.68. The molecule has 2 amide bonds. The van der Waals surface area contributed by atoms with Crippen molar-refractivity contribution in [1.29, 1.82) is 0 Å². The first-order chi connectivity index (χ1) is 12.9. The Morgan fingerprint density at radius 3 is 2.59 bits per heavy atom. The zero-order valence-electron chi connectivity index (χ0n) is 15.7. The van der Waals surface area contributed by atoms with Crippen LogP contribution in [0, 0.1) is 11.8 Å². The summed E-state index contributed by atoms with van der Waals surface area (Å²) in [7, 11) is 1.29. The predicted molar refractivity (Wildman–Crippen MR) is 103 cm³/mol. The normalized spacial score (nSPS) is 25.4. The van der Waals surface area contributed by atoms with Crippen LogP contribution in [-0.2, 0) is 14.3 Å². The molecule has 1 saturated carbocycles. The van der Waals surface area contributed by atoms with E-state index in [0.717, 1.165) is 25.7 Å². The number of carbonyl (C=O) groups excluding carboxylic acids is 3. The minimum atomic E-state index is -0.504. The van der Waals surface area contributed by atoms with Gasteiger partial charge in [0.15, 0.2) is 0 Å². The Bertz CT molecular complexity index is 743. The number of anilines is 1. The van der Waals surface area contributed by atoms with Crippen LogP contribution in [0.15, 0.2) is 18.2 Å². The van der Waals surface area contributed by atoms with Gasteiger partial charge in [-0.25, -0.2) is 4.79 Å². The molecule has 3 rings (SSSR count). The Labute approximate surface area is 164 Å². The van der Waals surface area contributed by atoms with E-state index in [1.807, 2.05) is 4.90 Å². The van der Waals surface area contributed by atoms with E-state index < -0.39 is 11.9 Å². The van der Waals surface area contributed by atoms with E-state index in [0.29, 0.717) is 28.7 Å². The molecular formula is C20H25ClN2O4.